The number of ether oxygens (including phenoxy) is 1. The van der Waals surface area contributed by atoms with Crippen LogP contribution in [0.1, 0.15) is 132 Å². The van der Waals surface area contributed by atoms with Crippen LogP contribution in [0.2, 0.25) is 0 Å². The smallest absolute Gasteiger partial charge is 0.276 e. The maximum absolute atomic E-state index is 14.5. The van der Waals surface area contributed by atoms with Crippen LogP contribution in [0.5, 0.6) is 5.75 Å². The highest BCUT2D eigenvalue weighted by Crippen LogP contribution is 2.70. The average Bonchev–Trinajstić information content (AvgIpc) is 4.13. The van der Waals surface area contributed by atoms with Crippen LogP contribution >= 0.6 is 11.3 Å². The van der Waals surface area contributed by atoms with Crippen LogP contribution in [-0.2, 0) is 22.4 Å². The molecule has 5 heterocycles. The van der Waals surface area contributed by atoms with Gasteiger partial charge in [-0.05, 0) is 89.1 Å². The number of carbonyl (C=O) groups is 4. The lowest BCUT2D eigenvalue weighted by atomic mass is 9.83. The molecule has 0 spiro atoms. The molecule has 4 fully saturated rings. The number of fused-ring (bicyclic) bond motifs is 2. The standard InChI is InChI=1S/C53H64F2N10O5S/c1-32(56-3)48(67)60-44(33-14-6-4-7-15-33)51(69)64-22-13-20-42(64)50-59-41(31-71-50)47(66)35-18-12-19-38(24-35)70-23-11-10-21-63-28-36(29-63)46(34-16-8-5-9-17-34)65-30-37(27-57-65)58-49(68)45-39-25-43-52(2,53(43,54)55)26-40(39)61-62-45/h5,8-9,12,16-19,24,27,30-33,36,42-44,46,56H,4,6-7,10-11,13-15,20-23,25-26,28-29H2,1-3H3,(H,58,68)(H,60,67)(H,61,62)/t32-,42-,43?,44-,46+,52?/m0/s1. The molecule has 2 saturated heterocycles. The number of amides is 3. The summed E-state index contributed by atoms with van der Waals surface area (Å²) in [4.78, 5) is 63.6. The van der Waals surface area contributed by atoms with Crippen molar-refractivity contribution in [2.75, 3.05) is 45.2 Å². The number of hydrogen-bond donors (Lipinski definition) is 4. The van der Waals surface area contributed by atoms with Crippen LogP contribution in [0.25, 0.3) is 0 Å². The zero-order valence-corrected chi connectivity index (χ0v) is 41.5. The Morgan fingerprint density at radius 1 is 0.986 bits per heavy atom. The molecule has 10 rings (SSSR count). The molecular weight excluding hydrogens is 927 g/mol. The lowest BCUT2D eigenvalue weighted by Gasteiger charge is -2.43. The molecule has 5 aromatic rings. The van der Waals surface area contributed by atoms with E-state index in [0.29, 0.717) is 47.1 Å². The number of aromatic nitrogens is 5. The zero-order valence-electron chi connectivity index (χ0n) is 40.7. The van der Waals surface area contributed by atoms with E-state index in [4.69, 9.17) is 9.72 Å². The molecule has 3 aromatic heterocycles. The van der Waals surface area contributed by atoms with Crippen molar-refractivity contribution in [3.63, 3.8) is 0 Å². The summed E-state index contributed by atoms with van der Waals surface area (Å²) in [6.45, 7) is 7.14. The van der Waals surface area contributed by atoms with Gasteiger partial charge in [0.1, 0.15) is 22.5 Å². The molecule has 2 unspecified atom stereocenters. The second kappa shape index (κ2) is 20.3. The third-order valence-electron chi connectivity index (χ3n) is 16.0. The van der Waals surface area contributed by atoms with Crippen LogP contribution in [0.3, 0.4) is 0 Å². The van der Waals surface area contributed by atoms with Crippen molar-refractivity contribution in [2.24, 2.45) is 23.2 Å². The van der Waals surface area contributed by atoms with E-state index in [1.807, 2.05) is 46.1 Å². The number of nitrogens with zero attached hydrogens (tertiary/aromatic N) is 6. The Kier molecular flexibility index (Phi) is 14.0. The molecule has 0 radical (unpaired) electrons. The van der Waals surface area contributed by atoms with Gasteiger partial charge in [-0.2, -0.15) is 10.2 Å². The van der Waals surface area contributed by atoms with Gasteiger partial charge in [0.25, 0.3) is 11.8 Å². The van der Waals surface area contributed by atoms with Gasteiger partial charge in [-0.15, -0.1) is 11.3 Å². The van der Waals surface area contributed by atoms with Crippen molar-refractivity contribution in [3.8, 4) is 5.75 Å². The predicted molar refractivity (Wildman–Crippen MR) is 265 cm³/mol. The molecule has 2 aliphatic heterocycles. The van der Waals surface area contributed by atoms with Gasteiger partial charge in [0.15, 0.2) is 5.69 Å². The number of anilines is 1. The number of ketones is 1. The molecule has 3 amide bonds. The van der Waals surface area contributed by atoms with Crippen molar-refractivity contribution >= 4 is 40.5 Å². The van der Waals surface area contributed by atoms with E-state index < -0.39 is 35.2 Å². The highest BCUT2D eigenvalue weighted by atomic mass is 32.1. The lowest BCUT2D eigenvalue weighted by Crippen LogP contribution is -2.55. The van der Waals surface area contributed by atoms with E-state index in [0.717, 1.165) is 88.0 Å². The van der Waals surface area contributed by atoms with Crippen molar-refractivity contribution < 1.29 is 32.7 Å². The first kappa shape index (κ1) is 48.8. The molecular formula is C53H64F2N10O5S. The maximum atomic E-state index is 14.5. The van der Waals surface area contributed by atoms with Gasteiger partial charge in [0.2, 0.25) is 17.6 Å². The second-order valence-corrected chi connectivity index (χ2v) is 21.5. The van der Waals surface area contributed by atoms with E-state index in [1.165, 1.54) is 11.3 Å². The number of likely N-dealkylation sites (N-methyl/N-ethyl adjacent to an activating group) is 1. The first-order chi connectivity index (χ1) is 34.3. The third kappa shape index (κ3) is 9.78. The molecule has 6 atom stereocenters. The van der Waals surface area contributed by atoms with Crippen LogP contribution in [-0.4, -0.2) is 116 Å². The fourth-order valence-electron chi connectivity index (χ4n) is 11.6. The largest absolute Gasteiger partial charge is 0.494 e. The number of nitrogens with one attached hydrogen (secondary N) is 4. The van der Waals surface area contributed by atoms with E-state index >= 15 is 0 Å². The molecule has 18 heteroatoms. The molecule has 5 aliphatic rings. The Morgan fingerprint density at radius 3 is 2.58 bits per heavy atom. The fraction of sp³-hybridized carbons (Fsp3) is 0.528. The number of thiazole rings is 1. The third-order valence-corrected chi connectivity index (χ3v) is 17.0. The van der Waals surface area contributed by atoms with Gasteiger partial charge in [-0.25, -0.2) is 13.8 Å². The van der Waals surface area contributed by atoms with Gasteiger partial charge in [-0.1, -0.05) is 68.7 Å². The van der Waals surface area contributed by atoms with Gasteiger partial charge < -0.3 is 30.5 Å². The van der Waals surface area contributed by atoms with Crippen molar-refractivity contribution in [1.82, 2.24) is 45.4 Å². The number of halogens is 2. The van der Waals surface area contributed by atoms with Gasteiger partial charge >= 0.3 is 0 Å². The van der Waals surface area contributed by atoms with Gasteiger partial charge in [-0.3, -0.25) is 29.0 Å². The Balaban J connectivity index is 0.695. The number of rotatable bonds is 19. The molecule has 0 bridgehead atoms. The molecule has 4 N–H and O–H groups in total. The Bertz CT molecular complexity index is 2730. The van der Waals surface area contributed by atoms with E-state index in [-0.39, 0.29) is 60.1 Å². The highest BCUT2D eigenvalue weighted by Gasteiger charge is 2.78. The second-order valence-electron chi connectivity index (χ2n) is 20.6. The normalized spacial score (nSPS) is 23.2. The minimum Gasteiger partial charge on any atom is -0.494 e. The van der Waals surface area contributed by atoms with Gasteiger partial charge in [0, 0.05) is 71.7 Å². The number of benzene rings is 2. The number of carbonyl (C=O) groups excluding carboxylic acids is 4. The van der Waals surface area contributed by atoms with Crippen molar-refractivity contribution in [2.45, 2.75) is 115 Å². The monoisotopic (exact) mass is 990 g/mol. The molecule has 2 aromatic carbocycles. The van der Waals surface area contributed by atoms with Crippen LogP contribution in [0, 0.1) is 23.2 Å². The summed E-state index contributed by atoms with van der Waals surface area (Å²) in [5.41, 5.74) is 2.73. The minimum atomic E-state index is -2.74. The number of aromatic amines is 1. The first-order valence-electron chi connectivity index (χ1n) is 25.4. The molecule has 3 aliphatic carbocycles. The van der Waals surface area contributed by atoms with Crippen molar-refractivity contribution in [1.29, 1.82) is 0 Å². The van der Waals surface area contributed by atoms with Crippen molar-refractivity contribution in [3.05, 3.63) is 111 Å². The number of hydrogen-bond acceptors (Lipinski definition) is 11. The Labute approximate surface area is 416 Å². The first-order valence-corrected chi connectivity index (χ1v) is 26.3. The minimum absolute atomic E-state index is 0.0570. The Morgan fingerprint density at radius 2 is 1.79 bits per heavy atom. The summed E-state index contributed by atoms with van der Waals surface area (Å²) in [7, 11) is 1.74. The van der Waals surface area contributed by atoms with Crippen LogP contribution in [0.4, 0.5) is 14.5 Å². The number of alkyl halides is 2. The summed E-state index contributed by atoms with van der Waals surface area (Å²) >= 11 is 1.40. The molecule has 71 heavy (non-hydrogen) atoms. The van der Waals surface area contributed by atoms with E-state index in [9.17, 15) is 28.0 Å². The summed E-state index contributed by atoms with van der Waals surface area (Å²) in [5.74, 6) is -3.40. The topological polar surface area (TPSA) is 179 Å². The summed E-state index contributed by atoms with van der Waals surface area (Å²) in [5, 5.41) is 23.3. The SMILES string of the molecule is CN[C@@H](C)C(=O)N[C@H](C(=O)N1CCC[C@H]1c1nc(C(=O)c2cccc(OCCCCN3CC([C@@H](c4ccccc4)n4cc(NC(=O)c5n[nH]c6c5CC5C(F)(F)C5(C)C6)cn4)C3)c2)cs1)C1CCCCC1. The quantitative estimate of drug-likeness (QED) is 0.0475. The molecule has 376 valence electrons. The highest BCUT2D eigenvalue weighted by molar-refractivity contribution is 7.10. The summed E-state index contributed by atoms with van der Waals surface area (Å²) in [6, 6.07) is 16.1. The van der Waals surface area contributed by atoms with Crippen LogP contribution in [0.15, 0.2) is 72.4 Å². The zero-order chi connectivity index (χ0) is 49.4. The number of H-pyrrole nitrogens is 1. The lowest BCUT2D eigenvalue weighted by molar-refractivity contribution is -0.139. The molecule has 2 saturated carbocycles. The van der Waals surface area contributed by atoms with E-state index in [1.54, 1.807) is 44.6 Å². The molecule has 15 nitrogen and oxygen atoms in total. The van der Waals surface area contributed by atoms with Crippen LogP contribution < -0.4 is 20.7 Å². The fourth-order valence-corrected chi connectivity index (χ4v) is 12.5. The Hall–Kier alpha value is -5.85. The number of unbranched alkanes of at least 4 members (excludes halogenated alkanes) is 1. The predicted octanol–water partition coefficient (Wildman–Crippen LogP) is 7.63. The van der Waals surface area contributed by atoms with E-state index in [2.05, 4.69) is 48.3 Å². The maximum Gasteiger partial charge on any atom is 0.276 e. The average molecular weight is 991 g/mol. The number of likely N-dealkylation sites (tertiary alicyclic amines) is 2. The summed E-state index contributed by atoms with van der Waals surface area (Å²) in [6.07, 6.45) is 12.2. The van der Waals surface area contributed by atoms with Gasteiger partial charge in [0.05, 0.1) is 36.6 Å². The summed E-state index contributed by atoms with van der Waals surface area (Å²) < 4.78 is 37.1.